The van der Waals surface area contributed by atoms with Crippen molar-refractivity contribution in [3.63, 3.8) is 0 Å². The largest absolute Gasteiger partial charge is 0.383 e. The molecule has 1 heterocycles. The molecular formula is C15H27Cl2N3O2. The van der Waals surface area contributed by atoms with Crippen LogP contribution in [0.25, 0.3) is 0 Å². The van der Waals surface area contributed by atoms with Gasteiger partial charge in [0.15, 0.2) is 0 Å². The molecule has 1 atom stereocenters. The van der Waals surface area contributed by atoms with Gasteiger partial charge in [0, 0.05) is 19.9 Å². The lowest BCUT2D eigenvalue weighted by Gasteiger charge is -2.23. The minimum absolute atomic E-state index is 0. The van der Waals surface area contributed by atoms with E-state index in [1.165, 1.54) is 0 Å². The fourth-order valence-electron chi connectivity index (χ4n) is 1.97. The van der Waals surface area contributed by atoms with Gasteiger partial charge in [-0.25, -0.2) is 0 Å². The van der Waals surface area contributed by atoms with E-state index in [0.717, 1.165) is 11.3 Å². The lowest BCUT2D eigenvalue weighted by molar-refractivity contribution is -0.121. The summed E-state index contributed by atoms with van der Waals surface area (Å²) in [6, 6.07) is 3.86. The molecule has 0 fully saturated rings. The fourth-order valence-corrected chi connectivity index (χ4v) is 1.97. The van der Waals surface area contributed by atoms with Crippen molar-refractivity contribution in [3.05, 3.63) is 29.6 Å². The normalized spacial score (nSPS) is 11.3. The van der Waals surface area contributed by atoms with Crippen molar-refractivity contribution >= 4 is 30.7 Å². The molecule has 5 nitrogen and oxygen atoms in total. The Labute approximate surface area is 145 Å². The zero-order valence-electron chi connectivity index (χ0n) is 13.6. The van der Waals surface area contributed by atoms with E-state index in [9.17, 15) is 4.79 Å². The van der Waals surface area contributed by atoms with Gasteiger partial charge in [0.1, 0.15) is 0 Å². The standard InChI is InChI=1S/C15H25N3O2.2ClH/c1-11(2)14(15-12(3)6-5-7-17-15)18-13(19)10-16-8-9-20-4;;/h5-7,11,14,16H,8-10H2,1-4H3,(H,18,19);2*1H. The second-order valence-corrected chi connectivity index (χ2v) is 5.16. The van der Waals surface area contributed by atoms with Crippen LogP contribution in [0.1, 0.15) is 31.1 Å². The number of nitrogens with zero attached hydrogens (tertiary/aromatic N) is 1. The summed E-state index contributed by atoms with van der Waals surface area (Å²) in [6.45, 7) is 7.73. The second kappa shape index (κ2) is 12.6. The molecule has 22 heavy (non-hydrogen) atoms. The Kier molecular flexibility index (Phi) is 13.4. The number of hydrogen-bond acceptors (Lipinski definition) is 4. The van der Waals surface area contributed by atoms with Gasteiger partial charge in [-0.2, -0.15) is 0 Å². The number of aromatic nitrogens is 1. The van der Waals surface area contributed by atoms with E-state index in [1.54, 1.807) is 13.3 Å². The number of methoxy groups -OCH3 is 1. The van der Waals surface area contributed by atoms with Crippen LogP contribution in [0.15, 0.2) is 18.3 Å². The first-order valence-electron chi connectivity index (χ1n) is 6.96. The first-order chi connectivity index (χ1) is 9.56. The summed E-state index contributed by atoms with van der Waals surface area (Å²) in [6.07, 6.45) is 1.76. The lowest BCUT2D eigenvalue weighted by atomic mass is 9.97. The fraction of sp³-hybridized carbons (Fsp3) is 0.600. The van der Waals surface area contributed by atoms with Gasteiger partial charge in [0.2, 0.25) is 5.91 Å². The SMILES string of the molecule is COCCNCC(=O)NC(c1ncccc1C)C(C)C.Cl.Cl. The molecule has 1 amide bonds. The Bertz CT molecular complexity index is 431. The summed E-state index contributed by atoms with van der Waals surface area (Å²) in [5.41, 5.74) is 2.03. The average molecular weight is 352 g/mol. The van der Waals surface area contributed by atoms with E-state index >= 15 is 0 Å². The predicted octanol–water partition coefficient (Wildman–Crippen LogP) is 2.28. The predicted molar refractivity (Wildman–Crippen MR) is 93.9 cm³/mol. The number of aryl methyl sites for hydroxylation is 1. The van der Waals surface area contributed by atoms with Crippen LogP contribution in [0, 0.1) is 12.8 Å². The molecule has 2 N–H and O–H groups in total. The molecule has 1 aromatic rings. The minimum Gasteiger partial charge on any atom is -0.383 e. The number of nitrogens with one attached hydrogen (secondary N) is 2. The highest BCUT2D eigenvalue weighted by Crippen LogP contribution is 2.22. The quantitative estimate of drug-likeness (QED) is 0.705. The third-order valence-electron chi connectivity index (χ3n) is 3.10. The van der Waals surface area contributed by atoms with Gasteiger partial charge < -0.3 is 15.4 Å². The summed E-state index contributed by atoms with van der Waals surface area (Å²) in [5.74, 6) is 0.261. The third kappa shape index (κ3) is 7.94. The third-order valence-corrected chi connectivity index (χ3v) is 3.10. The van der Waals surface area contributed by atoms with E-state index in [0.29, 0.717) is 19.7 Å². The van der Waals surface area contributed by atoms with Gasteiger partial charge in [-0.3, -0.25) is 9.78 Å². The van der Waals surface area contributed by atoms with Crippen molar-refractivity contribution < 1.29 is 9.53 Å². The van der Waals surface area contributed by atoms with Gasteiger partial charge in [0.25, 0.3) is 0 Å². The van der Waals surface area contributed by atoms with E-state index in [4.69, 9.17) is 4.74 Å². The maximum Gasteiger partial charge on any atom is 0.234 e. The van der Waals surface area contributed by atoms with Crippen molar-refractivity contribution in [3.8, 4) is 0 Å². The van der Waals surface area contributed by atoms with E-state index < -0.39 is 0 Å². The van der Waals surface area contributed by atoms with Crippen molar-refractivity contribution in [1.82, 2.24) is 15.6 Å². The van der Waals surface area contributed by atoms with Crippen LogP contribution < -0.4 is 10.6 Å². The summed E-state index contributed by atoms with van der Waals surface area (Å²) in [5, 5.41) is 6.08. The van der Waals surface area contributed by atoms with Crippen molar-refractivity contribution in [2.45, 2.75) is 26.8 Å². The van der Waals surface area contributed by atoms with Crippen LogP contribution in [-0.4, -0.2) is 37.7 Å². The number of pyridine rings is 1. The molecule has 0 spiro atoms. The molecule has 1 unspecified atom stereocenters. The molecule has 1 rings (SSSR count). The van der Waals surface area contributed by atoms with Crippen LogP contribution in [0.2, 0.25) is 0 Å². The van der Waals surface area contributed by atoms with Crippen LogP contribution in [0.3, 0.4) is 0 Å². The minimum atomic E-state index is -0.0621. The second-order valence-electron chi connectivity index (χ2n) is 5.16. The maximum atomic E-state index is 12.0. The zero-order chi connectivity index (χ0) is 15.0. The van der Waals surface area contributed by atoms with E-state index in [-0.39, 0.29) is 42.7 Å². The monoisotopic (exact) mass is 351 g/mol. The molecule has 0 aliphatic heterocycles. The van der Waals surface area contributed by atoms with Crippen molar-refractivity contribution in [1.29, 1.82) is 0 Å². The van der Waals surface area contributed by atoms with E-state index in [2.05, 4.69) is 29.5 Å². The number of hydrogen-bond donors (Lipinski definition) is 2. The molecule has 0 aliphatic carbocycles. The molecule has 7 heteroatoms. The smallest absolute Gasteiger partial charge is 0.234 e. The number of halogens is 2. The number of carbonyl (C=O) groups excluding carboxylic acids is 1. The highest BCUT2D eigenvalue weighted by molar-refractivity contribution is 5.85. The van der Waals surface area contributed by atoms with Gasteiger partial charge in [0.05, 0.1) is 24.9 Å². The summed E-state index contributed by atoms with van der Waals surface area (Å²) in [7, 11) is 1.64. The average Bonchev–Trinajstić information content (AvgIpc) is 2.42. The number of ether oxygens (including phenoxy) is 1. The van der Waals surface area contributed by atoms with Gasteiger partial charge in [-0.1, -0.05) is 19.9 Å². The molecule has 0 saturated carbocycles. The number of rotatable bonds is 8. The first-order valence-corrected chi connectivity index (χ1v) is 6.96. The number of amides is 1. The highest BCUT2D eigenvalue weighted by Gasteiger charge is 2.20. The summed E-state index contributed by atoms with van der Waals surface area (Å²) >= 11 is 0. The molecule has 0 bridgehead atoms. The molecule has 0 saturated heterocycles. The summed E-state index contributed by atoms with van der Waals surface area (Å²) < 4.78 is 4.92. The molecule has 0 radical (unpaired) electrons. The lowest BCUT2D eigenvalue weighted by Crippen LogP contribution is -2.39. The van der Waals surface area contributed by atoms with Crippen LogP contribution in [-0.2, 0) is 9.53 Å². The Balaban J connectivity index is 0. The number of carbonyl (C=O) groups is 1. The van der Waals surface area contributed by atoms with E-state index in [1.807, 2.05) is 19.1 Å². The molecule has 1 aromatic heterocycles. The van der Waals surface area contributed by atoms with Crippen LogP contribution in [0.5, 0.6) is 0 Å². The molecule has 0 aromatic carbocycles. The van der Waals surface area contributed by atoms with Crippen LogP contribution >= 0.6 is 24.8 Å². The Morgan fingerprint density at radius 1 is 1.36 bits per heavy atom. The molecule has 0 aliphatic rings. The topological polar surface area (TPSA) is 63.2 Å². The Hall–Kier alpha value is -0.880. The van der Waals surface area contributed by atoms with Crippen molar-refractivity contribution in [2.24, 2.45) is 5.92 Å². The van der Waals surface area contributed by atoms with Crippen LogP contribution in [0.4, 0.5) is 0 Å². The van der Waals surface area contributed by atoms with Crippen molar-refractivity contribution in [2.75, 3.05) is 26.8 Å². The molecule has 128 valence electrons. The van der Waals surface area contributed by atoms with Gasteiger partial charge in [-0.05, 0) is 24.5 Å². The first kappa shape index (κ1) is 23.4. The van der Waals surface area contributed by atoms with Gasteiger partial charge >= 0.3 is 0 Å². The van der Waals surface area contributed by atoms with Gasteiger partial charge in [-0.15, -0.1) is 24.8 Å². The Morgan fingerprint density at radius 3 is 2.59 bits per heavy atom. The molecular weight excluding hydrogens is 325 g/mol. The highest BCUT2D eigenvalue weighted by atomic mass is 35.5. The summed E-state index contributed by atoms with van der Waals surface area (Å²) in [4.78, 5) is 16.4. The maximum absolute atomic E-state index is 12.0. The Morgan fingerprint density at radius 2 is 2.05 bits per heavy atom. The zero-order valence-corrected chi connectivity index (χ0v) is 15.2.